The van der Waals surface area contributed by atoms with Gasteiger partial charge < -0.3 is 15.4 Å². The number of benzene rings is 2. The Labute approximate surface area is 173 Å². The molecular weight excluding hydrogens is 403 g/mol. The predicted octanol–water partition coefficient (Wildman–Crippen LogP) is 4.17. The number of anilines is 1. The monoisotopic (exact) mass is 422 g/mol. The van der Waals surface area contributed by atoms with E-state index in [9.17, 15) is 14.4 Å². The number of hydrogen-bond acceptors (Lipinski definition) is 4. The molecule has 0 atom stereocenters. The molecule has 0 aliphatic rings. The summed E-state index contributed by atoms with van der Waals surface area (Å²) in [6.07, 6.45) is 0. The molecule has 0 aliphatic carbocycles. The fraction of sp³-hybridized carbons (Fsp3) is 0.250. The van der Waals surface area contributed by atoms with Crippen LogP contribution < -0.4 is 10.6 Å². The van der Waals surface area contributed by atoms with E-state index in [-0.39, 0.29) is 21.5 Å². The molecule has 0 spiro atoms. The number of carbonyl (C=O) groups is 3. The van der Waals surface area contributed by atoms with E-state index in [2.05, 4.69) is 10.6 Å². The number of nitrogens with one attached hydrogen (secondary N) is 2. The van der Waals surface area contributed by atoms with E-state index in [0.29, 0.717) is 23.7 Å². The molecule has 0 bridgehead atoms. The lowest BCUT2D eigenvalue weighted by Crippen LogP contribution is -2.29. The summed E-state index contributed by atoms with van der Waals surface area (Å²) in [6.45, 7) is 3.96. The third kappa shape index (κ3) is 6.55. The first-order valence-electron chi connectivity index (χ1n) is 8.56. The Bertz CT molecular complexity index is 864. The van der Waals surface area contributed by atoms with Gasteiger partial charge in [-0.1, -0.05) is 49.2 Å². The molecule has 0 fully saturated rings. The van der Waals surface area contributed by atoms with Gasteiger partial charge in [-0.15, -0.1) is 0 Å². The topological polar surface area (TPSA) is 84.5 Å². The molecule has 2 aromatic rings. The van der Waals surface area contributed by atoms with Crippen LogP contribution in [0.25, 0.3) is 0 Å². The van der Waals surface area contributed by atoms with Gasteiger partial charge in [0.25, 0.3) is 11.8 Å². The molecule has 0 saturated heterocycles. The van der Waals surface area contributed by atoms with Crippen molar-refractivity contribution in [2.45, 2.75) is 13.8 Å². The maximum absolute atomic E-state index is 12.3. The lowest BCUT2D eigenvalue weighted by atomic mass is 10.1. The maximum Gasteiger partial charge on any atom is 0.338 e. The molecule has 0 aliphatic heterocycles. The van der Waals surface area contributed by atoms with Gasteiger partial charge in [0.05, 0.1) is 16.8 Å². The van der Waals surface area contributed by atoms with E-state index in [1.165, 1.54) is 18.2 Å². The molecule has 6 nitrogen and oxygen atoms in total. The lowest BCUT2D eigenvalue weighted by Gasteiger charge is -2.12. The van der Waals surface area contributed by atoms with Crippen LogP contribution in [0, 0.1) is 5.92 Å². The van der Waals surface area contributed by atoms with E-state index >= 15 is 0 Å². The molecule has 0 aromatic heterocycles. The molecule has 2 rings (SSSR count). The number of rotatable bonds is 7. The van der Waals surface area contributed by atoms with Gasteiger partial charge in [0, 0.05) is 16.6 Å². The van der Waals surface area contributed by atoms with E-state index < -0.39 is 18.5 Å². The highest BCUT2D eigenvalue weighted by molar-refractivity contribution is 6.35. The molecular formula is C20H20Cl2N2O4. The molecule has 0 unspecified atom stereocenters. The molecule has 2 aromatic carbocycles. The zero-order valence-electron chi connectivity index (χ0n) is 15.4. The number of amides is 2. The normalized spacial score (nSPS) is 10.5. The maximum atomic E-state index is 12.3. The number of hydrogen-bond donors (Lipinski definition) is 2. The molecule has 2 amide bonds. The van der Waals surface area contributed by atoms with Crippen LogP contribution in [0.3, 0.4) is 0 Å². The van der Waals surface area contributed by atoms with Crippen LogP contribution in [-0.2, 0) is 9.53 Å². The summed E-state index contributed by atoms with van der Waals surface area (Å²) < 4.78 is 4.98. The summed E-state index contributed by atoms with van der Waals surface area (Å²) in [6, 6.07) is 10.8. The fourth-order valence-electron chi connectivity index (χ4n) is 2.25. The van der Waals surface area contributed by atoms with Gasteiger partial charge in [-0.3, -0.25) is 9.59 Å². The Morgan fingerprint density at radius 3 is 2.32 bits per heavy atom. The number of esters is 1. The van der Waals surface area contributed by atoms with Crippen LogP contribution in [0.15, 0.2) is 42.5 Å². The van der Waals surface area contributed by atoms with Gasteiger partial charge in [0.1, 0.15) is 0 Å². The molecule has 28 heavy (non-hydrogen) atoms. The lowest BCUT2D eigenvalue weighted by molar-refractivity contribution is -0.119. The van der Waals surface area contributed by atoms with Crippen molar-refractivity contribution in [3.8, 4) is 0 Å². The van der Waals surface area contributed by atoms with Crippen molar-refractivity contribution >= 4 is 46.7 Å². The highest BCUT2D eigenvalue weighted by Gasteiger charge is 2.15. The Hall–Kier alpha value is -2.57. The van der Waals surface area contributed by atoms with Gasteiger partial charge in [-0.25, -0.2) is 4.79 Å². The Morgan fingerprint density at radius 1 is 1.04 bits per heavy atom. The van der Waals surface area contributed by atoms with E-state index in [0.717, 1.165) is 0 Å². The smallest absolute Gasteiger partial charge is 0.338 e. The SMILES string of the molecule is CC(C)CNC(=O)c1ccccc1NC(=O)COC(=O)c1cc(Cl)cc(Cl)c1. The van der Waals surface area contributed by atoms with Crippen molar-refractivity contribution in [2.75, 3.05) is 18.5 Å². The Morgan fingerprint density at radius 2 is 1.68 bits per heavy atom. The van der Waals surface area contributed by atoms with Gasteiger partial charge in [-0.05, 0) is 36.2 Å². The van der Waals surface area contributed by atoms with Crippen molar-refractivity contribution in [2.24, 2.45) is 5.92 Å². The number of ether oxygens (including phenoxy) is 1. The van der Waals surface area contributed by atoms with Crippen LogP contribution >= 0.6 is 23.2 Å². The first-order chi connectivity index (χ1) is 13.3. The Kier molecular flexibility index (Phi) is 7.84. The zero-order chi connectivity index (χ0) is 20.7. The summed E-state index contributed by atoms with van der Waals surface area (Å²) in [5, 5.41) is 5.94. The summed E-state index contributed by atoms with van der Waals surface area (Å²) in [4.78, 5) is 36.5. The summed E-state index contributed by atoms with van der Waals surface area (Å²) in [5.74, 6) is -1.31. The minimum Gasteiger partial charge on any atom is -0.452 e. The molecule has 148 valence electrons. The second kappa shape index (κ2) is 10.1. The summed E-state index contributed by atoms with van der Waals surface area (Å²) >= 11 is 11.7. The van der Waals surface area contributed by atoms with Gasteiger partial charge >= 0.3 is 5.97 Å². The van der Waals surface area contributed by atoms with Gasteiger partial charge in [0.2, 0.25) is 0 Å². The van der Waals surface area contributed by atoms with Crippen LogP contribution in [0.2, 0.25) is 10.0 Å². The van der Waals surface area contributed by atoms with Gasteiger partial charge in [0.15, 0.2) is 6.61 Å². The molecule has 8 heteroatoms. The van der Waals surface area contributed by atoms with Crippen molar-refractivity contribution in [1.29, 1.82) is 0 Å². The molecule has 0 saturated carbocycles. The highest BCUT2D eigenvalue weighted by Crippen LogP contribution is 2.20. The summed E-state index contributed by atoms with van der Waals surface area (Å²) in [5.41, 5.74) is 0.791. The van der Waals surface area contributed by atoms with Crippen LogP contribution in [0.4, 0.5) is 5.69 Å². The number of halogens is 2. The van der Waals surface area contributed by atoms with Crippen LogP contribution in [0.5, 0.6) is 0 Å². The van der Waals surface area contributed by atoms with Crippen molar-refractivity contribution < 1.29 is 19.1 Å². The second-order valence-corrected chi connectivity index (χ2v) is 7.30. The van der Waals surface area contributed by atoms with Crippen molar-refractivity contribution in [3.05, 3.63) is 63.6 Å². The largest absolute Gasteiger partial charge is 0.452 e. The quantitative estimate of drug-likeness (QED) is 0.655. The molecule has 2 N–H and O–H groups in total. The first-order valence-corrected chi connectivity index (χ1v) is 9.32. The van der Waals surface area contributed by atoms with Crippen LogP contribution in [0.1, 0.15) is 34.6 Å². The highest BCUT2D eigenvalue weighted by atomic mass is 35.5. The van der Waals surface area contributed by atoms with Crippen LogP contribution in [-0.4, -0.2) is 30.9 Å². The fourth-order valence-corrected chi connectivity index (χ4v) is 2.78. The standard InChI is InChI=1S/C20H20Cl2N2O4/c1-12(2)10-23-19(26)16-5-3-4-6-17(16)24-18(25)11-28-20(27)13-7-14(21)9-15(22)8-13/h3-9,12H,10-11H2,1-2H3,(H,23,26)(H,24,25). The predicted molar refractivity (Wildman–Crippen MR) is 109 cm³/mol. The zero-order valence-corrected chi connectivity index (χ0v) is 16.9. The molecule has 0 radical (unpaired) electrons. The third-order valence-corrected chi connectivity index (χ3v) is 3.99. The van der Waals surface area contributed by atoms with Crippen molar-refractivity contribution in [1.82, 2.24) is 5.32 Å². The third-order valence-electron chi connectivity index (χ3n) is 3.55. The second-order valence-electron chi connectivity index (χ2n) is 6.43. The Balaban J connectivity index is 1.98. The first kappa shape index (κ1) is 21.7. The minimum atomic E-state index is -0.734. The van der Waals surface area contributed by atoms with E-state index in [1.54, 1.807) is 24.3 Å². The minimum absolute atomic E-state index is 0.138. The summed E-state index contributed by atoms with van der Waals surface area (Å²) in [7, 11) is 0. The number of carbonyl (C=O) groups excluding carboxylic acids is 3. The number of para-hydroxylation sites is 1. The average Bonchev–Trinajstić information content (AvgIpc) is 2.63. The van der Waals surface area contributed by atoms with E-state index in [4.69, 9.17) is 27.9 Å². The molecule has 0 heterocycles. The van der Waals surface area contributed by atoms with E-state index in [1.807, 2.05) is 13.8 Å². The average molecular weight is 423 g/mol. The van der Waals surface area contributed by atoms with Crippen molar-refractivity contribution in [3.63, 3.8) is 0 Å². The van der Waals surface area contributed by atoms with Gasteiger partial charge in [-0.2, -0.15) is 0 Å².